The summed E-state index contributed by atoms with van der Waals surface area (Å²) >= 11 is 0. The number of amides is 2. The number of benzene rings is 1. The van der Waals surface area contributed by atoms with Gasteiger partial charge >= 0.3 is 12.1 Å². The molecule has 0 aliphatic carbocycles. The van der Waals surface area contributed by atoms with E-state index in [0.29, 0.717) is 38.2 Å². The van der Waals surface area contributed by atoms with E-state index in [0.717, 1.165) is 25.7 Å². The number of nitrogens with zero attached hydrogens (tertiary/aromatic N) is 4. The molecule has 3 aliphatic heterocycles. The lowest BCUT2D eigenvalue weighted by atomic mass is 10.00. The number of hydrogen-bond donors (Lipinski definition) is 3. The molecule has 2 fully saturated rings. The van der Waals surface area contributed by atoms with Crippen LogP contribution in [0.2, 0.25) is 0 Å². The summed E-state index contributed by atoms with van der Waals surface area (Å²) in [6.45, 7) is 4.83. The minimum atomic E-state index is -1.18. The molecule has 3 N–H and O–H groups in total. The summed E-state index contributed by atoms with van der Waals surface area (Å²) in [5, 5.41) is 22.5. The number of piperidine rings is 1. The van der Waals surface area contributed by atoms with E-state index in [9.17, 15) is 24.6 Å². The van der Waals surface area contributed by atoms with E-state index < -0.39 is 36.9 Å². The van der Waals surface area contributed by atoms with E-state index in [1.165, 1.54) is 28.8 Å². The van der Waals surface area contributed by atoms with Crippen molar-refractivity contribution in [3.05, 3.63) is 42.4 Å². The maximum Gasteiger partial charge on any atom is 0.416 e. The Morgan fingerprint density at radius 2 is 2.02 bits per heavy atom. The minimum Gasteiger partial charge on any atom is -0.493 e. The number of rotatable bonds is 13. The van der Waals surface area contributed by atoms with Crippen molar-refractivity contribution in [2.45, 2.75) is 76.2 Å². The third-order valence-corrected chi connectivity index (χ3v) is 8.38. The first-order valence-corrected chi connectivity index (χ1v) is 15.9. The maximum atomic E-state index is 14.1. The number of anilines is 2. The van der Waals surface area contributed by atoms with Crippen LogP contribution in [-0.2, 0) is 21.3 Å². The first-order chi connectivity index (χ1) is 22.7. The third-order valence-electron chi connectivity index (χ3n) is 8.38. The lowest BCUT2D eigenvalue weighted by Crippen LogP contribution is -2.57. The molecule has 2 saturated heterocycles. The fraction of sp³-hybridized carbons (Fsp3) is 0.562. The van der Waals surface area contributed by atoms with Gasteiger partial charge in [0.1, 0.15) is 18.7 Å². The molecule has 4 heterocycles. The number of carbonyl (C=O) groups excluding carboxylic acids is 2. The van der Waals surface area contributed by atoms with Crippen LogP contribution in [-0.4, -0.2) is 101 Å². The minimum absolute atomic E-state index is 0.0361. The largest absolute Gasteiger partial charge is 0.493 e. The molecule has 1 aromatic heterocycles. The van der Waals surface area contributed by atoms with Crippen LogP contribution >= 0.6 is 0 Å². The second-order valence-electron chi connectivity index (χ2n) is 11.7. The fourth-order valence-corrected chi connectivity index (χ4v) is 6.13. The van der Waals surface area contributed by atoms with Crippen LogP contribution in [0.15, 0.2) is 31.0 Å². The zero-order chi connectivity index (χ0) is 33.5. The number of ether oxygens (including phenoxy) is 5. The number of aliphatic hydroxyl groups is 1. The van der Waals surface area contributed by atoms with Gasteiger partial charge in [-0.15, -0.1) is 0 Å². The molecule has 0 bridgehead atoms. The number of fused-ring (bicyclic) bond motifs is 2. The molecule has 2 amide bonds. The average Bonchev–Trinajstić information content (AvgIpc) is 3.41. The highest BCUT2D eigenvalue weighted by Gasteiger charge is 2.46. The van der Waals surface area contributed by atoms with Crippen molar-refractivity contribution in [2.75, 3.05) is 43.7 Å². The Morgan fingerprint density at radius 1 is 1.21 bits per heavy atom. The Kier molecular flexibility index (Phi) is 11.2. The Morgan fingerprint density at radius 3 is 2.72 bits per heavy atom. The monoisotopic (exact) mass is 657 g/mol. The molecule has 0 radical (unpaired) electrons. The zero-order valence-corrected chi connectivity index (χ0v) is 26.8. The smallest absolute Gasteiger partial charge is 0.416 e. The molecule has 5 rings (SSSR count). The molecule has 3 unspecified atom stereocenters. The normalized spacial score (nSPS) is 21.6. The maximum absolute atomic E-state index is 14.1. The van der Waals surface area contributed by atoms with Crippen molar-refractivity contribution in [3.63, 3.8) is 0 Å². The predicted octanol–water partition coefficient (Wildman–Crippen LogP) is 3.72. The summed E-state index contributed by atoms with van der Waals surface area (Å²) in [5.74, 6) is -0.774. The second kappa shape index (κ2) is 15.5. The number of carbonyl (C=O) groups is 3. The van der Waals surface area contributed by atoms with Gasteiger partial charge in [0, 0.05) is 32.5 Å². The van der Waals surface area contributed by atoms with Gasteiger partial charge in [-0.25, -0.2) is 19.5 Å². The van der Waals surface area contributed by atoms with E-state index >= 15 is 0 Å². The van der Waals surface area contributed by atoms with E-state index in [2.05, 4.69) is 16.9 Å². The topological polar surface area (TPSA) is 174 Å². The van der Waals surface area contributed by atoms with Gasteiger partial charge in [0.2, 0.25) is 5.82 Å². The summed E-state index contributed by atoms with van der Waals surface area (Å²) in [5.41, 5.74) is 0.518. The van der Waals surface area contributed by atoms with E-state index in [4.69, 9.17) is 23.7 Å². The van der Waals surface area contributed by atoms with Gasteiger partial charge in [0.05, 0.1) is 31.0 Å². The molecule has 3 aliphatic rings. The summed E-state index contributed by atoms with van der Waals surface area (Å²) < 4.78 is 31.0. The van der Waals surface area contributed by atoms with Crippen LogP contribution < -0.4 is 19.7 Å². The average molecular weight is 658 g/mol. The van der Waals surface area contributed by atoms with Crippen LogP contribution in [0.3, 0.4) is 0 Å². The highest BCUT2D eigenvalue weighted by atomic mass is 16.7. The number of nitrogens with one attached hydrogen (secondary N) is 1. The van der Waals surface area contributed by atoms with Crippen molar-refractivity contribution < 1.29 is 48.3 Å². The summed E-state index contributed by atoms with van der Waals surface area (Å²) in [6.07, 6.45) is 5.28. The number of carboxylic acid groups (broad SMARTS) is 1. The van der Waals surface area contributed by atoms with Crippen molar-refractivity contribution in [1.29, 1.82) is 0 Å². The van der Waals surface area contributed by atoms with Crippen molar-refractivity contribution in [1.82, 2.24) is 14.5 Å². The summed E-state index contributed by atoms with van der Waals surface area (Å²) in [6, 6.07) is 2.73. The number of aromatic carboxylic acids is 1. The van der Waals surface area contributed by atoms with Crippen LogP contribution in [0.5, 0.6) is 11.5 Å². The zero-order valence-electron chi connectivity index (χ0n) is 26.8. The highest BCUT2D eigenvalue weighted by molar-refractivity contribution is 6.06. The number of aryl methyl sites for hydroxylation is 1. The lowest BCUT2D eigenvalue weighted by Gasteiger charge is -2.42. The number of carboxylic acids is 1. The van der Waals surface area contributed by atoms with Gasteiger partial charge in [-0.3, -0.25) is 4.79 Å². The Hall–Kier alpha value is -4.34. The highest BCUT2D eigenvalue weighted by Crippen LogP contribution is 2.42. The van der Waals surface area contributed by atoms with Crippen LogP contribution in [0.25, 0.3) is 0 Å². The Bertz CT molecular complexity index is 1440. The SMILES string of the molecule is C=CCOC(=O)N1c2cc(OCCCC(O)Nc3cn(C)c(C(=O)O)n3)c(OC)cc2C(=O)N2CCCC[C@H]2C1OC1CCCCO1. The third kappa shape index (κ3) is 7.80. The van der Waals surface area contributed by atoms with Gasteiger partial charge < -0.3 is 48.7 Å². The molecule has 15 nitrogen and oxygen atoms in total. The molecule has 2 aromatic rings. The molecule has 47 heavy (non-hydrogen) atoms. The number of imidazole rings is 1. The number of methoxy groups -OCH3 is 1. The molecular weight excluding hydrogens is 614 g/mol. The van der Waals surface area contributed by atoms with Gasteiger partial charge in [0.15, 0.2) is 24.0 Å². The molecule has 4 atom stereocenters. The van der Waals surface area contributed by atoms with E-state index in [1.807, 2.05) is 0 Å². The molecule has 256 valence electrons. The van der Waals surface area contributed by atoms with Gasteiger partial charge in [-0.2, -0.15) is 0 Å². The van der Waals surface area contributed by atoms with E-state index in [1.54, 1.807) is 24.1 Å². The van der Waals surface area contributed by atoms with Crippen molar-refractivity contribution >= 4 is 29.5 Å². The first kappa shape index (κ1) is 34.0. The quantitative estimate of drug-likeness (QED) is 0.162. The second-order valence-corrected chi connectivity index (χ2v) is 11.7. The van der Waals surface area contributed by atoms with Gasteiger partial charge in [-0.1, -0.05) is 12.7 Å². The van der Waals surface area contributed by atoms with Crippen molar-refractivity contribution in [2.24, 2.45) is 7.05 Å². The van der Waals surface area contributed by atoms with Crippen molar-refractivity contribution in [3.8, 4) is 11.5 Å². The van der Waals surface area contributed by atoms with E-state index in [-0.39, 0.29) is 54.2 Å². The molecule has 0 saturated carbocycles. The summed E-state index contributed by atoms with van der Waals surface area (Å²) in [7, 11) is 3.01. The molecule has 1 aromatic carbocycles. The number of hydrogen-bond acceptors (Lipinski definition) is 11. The van der Waals surface area contributed by atoms with Crippen LogP contribution in [0, 0.1) is 0 Å². The fourth-order valence-electron chi connectivity index (χ4n) is 6.13. The molecule has 15 heteroatoms. The predicted molar refractivity (Wildman–Crippen MR) is 169 cm³/mol. The standard InChI is InChI=1S/C32H43N5O10/c1-4-14-46-32(42)37-22-18-24(44-16-9-11-26(38)33-25-19-35(2)28(34-25)31(40)41)23(43-3)17-20(22)29(39)36-13-7-5-10-21(36)30(37)47-27-12-6-8-15-45-27/h4,17-19,21,26-27,30,33,38H,1,5-16H2,2-3H3,(H,40,41)/t21-,26?,27?,30?/m0/s1. The molecule has 0 spiro atoms. The van der Waals surface area contributed by atoms with Crippen LogP contribution in [0.1, 0.15) is 72.3 Å². The number of aliphatic hydroxyl groups excluding tert-OH is 1. The molecular formula is C32H43N5O10. The lowest BCUT2D eigenvalue weighted by molar-refractivity contribution is -0.198. The van der Waals surface area contributed by atoms with Gasteiger partial charge in [0.25, 0.3) is 5.91 Å². The Labute approximate surface area is 273 Å². The Balaban J connectivity index is 1.39. The van der Waals surface area contributed by atoms with Crippen LogP contribution in [0.4, 0.5) is 16.3 Å². The summed E-state index contributed by atoms with van der Waals surface area (Å²) in [4.78, 5) is 46.2. The number of aromatic nitrogens is 2. The first-order valence-electron chi connectivity index (χ1n) is 15.9. The van der Waals surface area contributed by atoms with Gasteiger partial charge in [-0.05, 0) is 57.4 Å².